The van der Waals surface area contributed by atoms with Gasteiger partial charge in [-0.15, -0.1) is 0 Å². The third kappa shape index (κ3) is 2.03. The van der Waals surface area contributed by atoms with E-state index < -0.39 is 0 Å². The number of hydrogen-bond acceptors (Lipinski definition) is 2. The highest BCUT2D eigenvalue weighted by molar-refractivity contribution is 14.1. The quantitative estimate of drug-likeness (QED) is 0.861. The Bertz CT molecular complexity index is 484. The summed E-state index contributed by atoms with van der Waals surface area (Å²) in [5.74, 6) is -0.388. The molecule has 0 aliphatic carbocycles. The summed E-state index contributed by atoms with van der Waals surface area (Å²) in [6.07, 6.45) is 3.34. The molecule has 0 saturated heterocycles. The number of nitrogens with zero attached hydrogens (tertiary/aromatic N) is 2. The van der Waals surface area contributed by atoms with Crippen molar-refractivity contribution in [3.8, 4) is 5.69 Å². The van der Waals surface area contributed by atoms with Crippen LogP contribution < -0.4 is 0 Å². The lowest BCUT2D eigenvalue weighted by atomic mass is 10.2. The van der Waals surface area contributed by atoms with Crippen molar-refractivity contribution in [2.45, 2.75) is 6.61 Å². The molecule has 5 heteroatoms. The average molecular weight is 318 g/mol. The Kier molecular flexibility index (Phi) is 3.01. The van der Waals surface area contributed by atoms with E-state index in [9.17, 15) is 4.39 Å². The summed E-state index contributed by atoms with van der Waals surface area (Å²) in [5.41, 5.74) is 0.831. The van der Waals surface area contributed by atoms with E-state index in [1.54, 1.807) is 24.5 Å². The molecule has 0 saturated carbocycles. The Hall–Kier alpha value is -0.950. The molecule has 0 fully saturated rings. The zero-order valence-corrected chi connectivity index (χ0v) is 9.85. The summed E-state index contributed by atoms with van der Waals surface area (Å²) >= 11 is 2.09. The van der Waals surface area contributed by atoms with E-state index >= 15 is 0 Å². The van der Waals surface area contributed by atoms with Crippen LogP contribution in [0.2, 0.25) is 0 Å². The van der Waals surface area contributed by atoms with Gasteiger partial charge in [0, 0.05) is 11.8 Å². The largest absolute Gasteiger partial charge is 0.392 e. The van der Waals surface area contributed by atoms with Crippen molar-refractivity contribution in [2.75, 3.05) is 0 Å². The molecule has 0 amide bonds. The topological polar surface area (TPSA) is 38.0 Å². The predicted molar refractivity (Wildman–Crippen MR) is 62.2 cm³/mol. The Labute approximate surface area is 99.7 Å². The zero-order chi connectivity index (χ0) is 10.8. The zero-order valence-electron chi connectivity index (χ0n) is 7.69. The number of halogens is 2. The average Bonchev–Trinajstić information content (AvgIpc) is 2.64. The minimum atomic E-state index is -0.388. The normalized spacial score (nSPS) is 10.6. The molecule has 0 radical (unpaired) electrons. The summed E-state index contributed by atoms with van der Waals surface area (Å²) in [7, 11) is 0. The molecule has 1 aromatic heterocycles. The molecule has 0 spiro atoms. The first-order valence-corrected chi connectivity index (χ1v) is 5.39. The fraction of sp³-hybridized carbons (Fsp3) is 0.100. The molecule has 0 aliphatic heterocycles. The molecule has 3 nitrogen and oxygen atoms in total. The van der Waals surface area contributed by atoms with E-state index in [2.05, 4.69) is 27.7 Å². The number of para-hydroxylation sites is 1. The molecule has 15 heavy (non-hydrogen) atoms. The first kappa shape index (κ1) is 10.6. The second kappa shape index (κ2) is 4.28. The molecule has 78 valence electrons. The molecular formula is C10H8FIN2O. The van der Waals surface area contributed by atoms with Crippen molar-refractivity contribution < 1.29 is 9.50 Å². The number of aliphatic hydroxyl groups is 1. The van der Waals surface area contributed by atoms with E-state index in [0.717, 1.165) is 3.57 Å². The number of benzene rings is 1. The molecule has 0 atom stereocenters. The summed E-state index contributed by atoms with van der Waals surface area (Å²) in [6, 6.07) is 4.59. The second-order valence-corrected chi connectivity index (χ2v) is 4.25. The van der Waals surface area contributed by atoms with Gasteiger partial charge in [0.25, 0.3) is 0 Å². The molecule has 0 aliphatic rings. The van der Waals surface area contributed by atoms with Gasteiger partial charge in [-0.3, -0.25) is 0 Å². The SMILES string of the molecule is OCc1cccc(F)c1-n1cc(I)cn1. The van der Waals surface area contributed by atoms with Crippen LogP contribution >= 0.6 is 22.6 Å². The number of aliphatic hydroxyl groups excluding tert-OH is 1. The van der Waals surface area contributed by atoms with Crippen molar-refractivity contribution >= 4 is 22.6 Å². The maximum Gasteiger partial charge on any atom is 0.149 e. The minimum Gasteiger partial charge on any atom is -0.392 e. The van der Waals surface area contributed by atoms with Gasteiger partial charge in [0.15, 0.2) is 0 Å². The highest BCUT2D eigenvalue weighted by Crippen LogP contribution is 2.19. The summed E-state index contributed by atoms with van der Waals surface area (Å²) in [6.45, 7) is -0.205. The molecule has 1 heterocycles. The van der Waals surface area contributed by atoms with Crippen LogP contribution in [0.5, 0.6) is 0 Å². The number of aromatic nitrogens is 2. The molecule has 1 aromatic carbocycles. The van der Waals surface area contributed by atoms with Crippen LogP contribution in [0, 0.1) is 9.39 Å². The van der Waals surface area contributed by atoms with Gasteiger partial charge in [0.1, 0.15) is 11.5 Å². The molecular weight excluding hydrogens is 310 g/mol. The van der Waals surface area contributed by atoms with E-state index in [1.807, 2.05) is 0 Å². The monoisotopic (exact) mass is 318 g/mol. The minimum absolute atomic E-state index is 0.205. The van der Waals surface area contributed by atoms with Gasteiger partial charge in [-0.1, -0.05) is 12.1 Å². The van der Waals surface area contributed by atoms with Gasteiger partial charge < -0.3 is 5.11 Å². The van der Waals surface area contributed by atoms with E-state index in [1.165, 1.54) is 10.7 Å². The number of rotatable bonds is 2. The second-order valence-electron chi connectivity index (χ2n) is 3.01. The van der Waals surface area contributed by atoms with Crippen molar-refractivity contribution in [1.29, 1.82) is 0 Å². The van der Waals surface area contributed by atoms with Crippen LogP contribution in [-0.4, -0.2) is 14.9 Å². The van der Waals surface area contributed by atoms with Crippen LogP contribution in [0.1, 0.15) is 5.56 Å². The highest BCUT2D eigenvalue weighted by Gasteiger charge is 2.10. The van der Waals surface area contributed by atoms with E-state index in [-0.39, 0.29) is 12.4 Å². The molecule has 2 rings (SSSR count). The van der Waals surface area contributed by atoms with Crippen molar-refractivity contribution in [3.05, 3.63) is 45.5 Å². The molecule has 1 N–H and O–H groups in total. The molecule has 2 aromatic rings. The lowest BCUT2D eigenvalue weighted by molar-refractivity contribution is 0.280. The van der Waals surface area contributed by atoms with Crippen molar-refractivity contribution in [3.63, 3.8) is 0 Å². The molecule has 0 bridgehead atoms. The maximum absolute atomic E-state index is 13.6. The Balaban J connectivity index is 2.60. The van der Waals surface area contributed by atoms with Gasteiger partial charge in [-0.05, 0) is 28.7 Å². The van der Waals surface area contributed by atoms with E-state index in [4.69, 9.17) is 5.11 Å². The first-order valence-electron chi connectivity index (χ1n) is 4.31. The van der Waals surface area contributed by atoms with Crippen LogP contribution in [0.4, 0.5) is 4.39 Å². The summed E-state index contributed by atoms with van der Waals surface area (Å²) in [5, 5.41) is 13.1. The fourth-order valence-corrected chi connectivity index (χ4v) is 1.76. The van der Waals surface area contributed by atoms with Crippen LogP contribution in [0.15, 0.2) is 30.6 Å². The first-order chi connectivity index (χ1) is 7.22. The lowest BCUT2D eigenvalue weighted by Crippen LogP contribution is -2.03. The van der Waals surface area contributed by atoms with Gasteiger partial charge in [-0.2, -0.15) is 5.10 Å². The Morgan fingerprint density at radius 2 is 2.27 bits per heavy atom. The third-order valence-corrected chi connectivity index (χ3v) is 2.58. The smallest absolute Gasteiger partial charge is 0.149 e. The predicted octanol–water partition coefficient (Wildman–Crippen LogP) is 2.11. The van der Waals surface area contributed by atoms with Gasteiger partial charge in [0.2, 0.25) is 0 Å². The summed E-state index contributed by atoms with van der Waals surface area (Å²) < 4.78 is 15.9. The van der Waals surface area contributed by atoms with Crippen molar-refractivity contribution in [2.24, 2.45) is 0 Å². The summed E-state index contributed by atoms with van der Waals surface area (Å²) in [4.78, 5) is 0. The van der Waals surface area contributed by atoms with Crippen LogP contribution in [0.25, 0.3) is 5.69 Å². The Morgan fingerprint density at radius 3 is 2.87 bits per heavy atom. The van der Waals surface area contributed by atoms with Gasteiger partial charge in [0.05, 0.1) is 16.4 Å². The van der Waals surface area contributed by atoms with Crippen LogP contribution in [-0.2, 0) is 6.61 Å². The van der Waals surface area contributed by atoms with Crippen molar-refractivity contribution in [1.82, 2.24) is 9.78 Å². The highest BCUT2D eigenvalue weighted by atomic mass is 127. The van der Waals surface area contributed by atoms with E-state index in [0.29, 0.717) is 11.3 Å². The lowest BCUT2D eigenvalue weighted by Gasteiger charge is -2.07. The van der Waals surface area contributed by atoms with Crippen LogP contribution in [0.3, 0.4) is 0 Å². The Morgan fingerprint density at radius 1 is 1.47 bits per heavy atom. The third-order valence-electron chi connectivity index (χ3n) is 2.02. The molecule has 0 unspecified atom stereocenters. The maximum atomic E-state index is 13.6. The van der Waals surface area contributed by atoms with Gasteiger partial charge in [-0.25, -0.2) is 9.07 Å². The standard InChI is InChI=1S/C10H8FIN2O/c11-9-3-1-2-7(6-15)10(9)14-5-8(12)4-13-14/h1-5,15H,6H2. The fourth-order valence-electron chi connectivity index (χ4n) is 1.37. The number of hydrogen-bond donors (Lipinski definition) is 1. The van der Waals surface area contributed by atoms with Gasteiger partial charge >= 0.3 is 0 Å².